The molecule has 0 aliphatic carbocycles. The highest BCUT2D eigenvalue weighted by molar-refractivity contribution is 7.47. The van der Waals surface area contributed by atoms with Crippen LogP contribution in [0.15, 0.2) is 24.3 Å². The molecule has 8 nitrogen and oxygen atoms in total. The number of rotatable bonds is 34. The molecule has 1 N–H and O–H groups in total. The Labute approximate surface area is 282 Å². The first kappa shape index (κ1) is 44.5. The lowest BCUT2D eigenvalue weighted by molar-refractivity contribution is -0.161. The van der Waals surface area contributed by atoms with Crippen LogP contribution >= 0.6 is 7.82 Å². The highest BCUT2D eigenvalue weighted by Gasteiger charge is 2.24. The van der Waals surface area contributed by atoms with Crippen molar-refractivity contribution in [3.8, 4) is 0 Å². The zero-order chi connectivity index (χ0) is 34.0. The number of phosphoric acid groups is 1. The molecule has 0 heterocycles. The molecule has 2 unspecified atom stereocenters. The highest BCUT2D eigenvalue weighted by atomic mass is 31.2. The SMILES string of the molecule is CCCCCC/C=C\C/C=C\CCCCCCCCCC(=O)OC(COC(=O)CCCCCCCCCCC)COP(=O)(O)OC. The van der Waals surface area contributed by atoms with Crippen LogP contribution < -0.4 is 0 Å². The maximum absolute atomic E-state index is 12.4. The first-order valence-electron chi connectivity index (χ1n) is 18.5. The Hall–Kier alpha value is -1.47. The number of allylic oxidation sites excluding steroid dienone is 4. The smallest absolute Gasteiger partial charge is 0.462 e. The summed E-state index contributed by atoms with van der Waals surface area (Å²) in [6.07, 6.45) is 35.2. The Morgan fingerprint density at radius 2 is 1.04 bits per heavy atom. The first-order chi connectivity index (χ1) is 22.3. The fourth-order valence-corrected chi connectivity index (χ4v) is 5.50. The molecule has 270 valence electrons. The van der Waals surface area contributed by atoms with E-state index in [1.54, 1.807) is 0 Å². The number of phosphoric ester groups is 1. The summed E-state index contributed by atoms with van der Waals surface area (Å²) in [5.41, 5.74) is 0. The molecule has 0 rings (SSSR count). The van der Waals surface area contributed by atoms with Crippen molar-refractivity contribution in [3.05, 3.63) is 24.3 Å². The second kappa shape index (κ2) is 33.4. The number of carbonyl (C=O) groups is 2. The van der Waals surface area contributed by atoms with E-state index in [-0.39, 0.29) is 19.0 Å². The Morgan fingerprint density at radius 3 is 1.54 bits per heavy atom. The molecule has 0 radical (unpaired) electrons. The minimum absolute atomic E-state index is 0.225. The van der Waals surface area contributed by atoms with Gasteiger partial charge < -0.3 is 14.4 Å². The molecule has 0 bridgehead atoms. The standard InChI is InChI=1S/C37H69O8P/c1-4-6-8-10-12-14-15-16-17-18-19-20-21-22-24-26-28-30-32-37(39)45-35(34-44-46(40,41)42-3)33-43-36(38)31-29-27-25-23-13-11-9-7-5-2/h14-15,17-18,35H,4-13,16,19-34H2,1-3H3,(H,40,41)/b15-14-,18-17-. The number of hydrogen-bond donors (Lipinski definition) is 1. The molecule has 0 saturated heterocycles. The summed E-state index contributed by atoms with van der Waals surface area (Å²) in [5, 5.41) is 0. The van der Waals surface area contributed by atoms with Crippen LogP contribution in [0.1, 0.15) is 174 Å². The molecular weight excluding hydrogens is 603 g/mol. The van der Waals surface area contributed by atoms with Gasteiger partial charge >= 0.3 is 19.8 Å². The fourth-order valence-electron chi connectivity index (χ4n) is 5.04. The van der Waals surface area contributed by atoms with Gasteiger partial charge in [0.25, 0.3) is 0 Å². The van der Waals surface area contributed by atoms with Gasteiger partial charge in [-0.1, -0.05) is 141 Å². The average molecular weight is 673 g/mol. The highest BCUT2D eigenvalue weighted by Crippen LogP contribution is 2.42. The maximum Gasteiger partial charge on any atom is 0.472 e. The maximum atomic E-state index is 12.4. The Morgan fingerprint density at radius 1 is 0.609 bits per heavy atom. The molecular formula is C37H69O8P. The van der Waals surface area contributed by atoms with E-state index < -0.39 is 26.5 Å². The van der Waals surface area contributed by atoms with E-state index in [1.807, 2.05) is 0 Å². The molecule has 0 aromatic rings. The zero-order valence-electron chi connectivity index (χ0n) is 29.7. The van der Waals surface area contributed by atoms with E-state index in [0.29, 0.717) is 12.8 Å². The molecule has 0 amide bonds. The fraction of sp³-hybridized carbons (Fsp3) is 0.838. The van der Waals surface area contributed by atoms with Crippen molar-refractivity contribution < 1.29 is 37.6 Å². The van der Waals surface area contributed by atoms with Gasteiger partial charge in [0.05, 0.1) is 6.61 Å². The van der Waals surface area contributed by atoms with Gasteiger partial charge in [0, 0.05) is 20.0 Å². The molecule has 0 aliphatic rings. The largest absolute Gasteiger partial charge is 0.472 e. The summed E-state index contributed by atoms with van der Waals surface area (Å²) in [7, 11) is -3.19. The normalized spacial score (nSPS) is 13.7. The van der Waals surface area contributed by atoms with Crippen LogP contribution in [0.2, 0.25) is 0 Å². The molecule has 0 aliphatic heterocycles. The number of ether oxygens (including phenoxy) is 2. The number of esters is 2. The van der Waals surface area contributed by atoms with Crippen molar-refractivity contribution in [2.24, 2.45) is 0 Å². The van der Waals surface area contributed by atoms with E-state index in [9.17, 15) is 19.0 Å². The minimum atomic E-state index is -4.25. The summed E-state index contributed by atoms with van der Waals surface area (Å²) in [4.78, 5) is 34.2. The summed E-state index contributed by atoms with van der Waals surface area (Å²) in [6, 6.07) is 0. The molecule has 2 atom stereocenters. The third-order valence-corrected chi connectivity index (χ3v) is 8.89. The van der Waals surface area contributed by atoms with Crippen molar-refractivity contribution >= 4 is 19.8 Å². The topological polar surface area (TPSA) is 108 Å². The Kier molecular flexibility index (Phi) is 32.4. The Bertz CT molecular complexity index is 813. The van der Waals surface area contributed by atoms with Crippen LogP contribution in [0.5, 0.6) is 0 Å². The van der Waals surface area contributed by atoms with Crippen molar-refractivity contribution in [3.63, 3.8) is 0 Å². The quantitative estimate of drug-likeness (QED) is 0.0311. The van der Waals surface area contributed by atoms with Crippen LogP contribution in [-0.4, -0.2) is 43.3 Å². The third kappa shape index (κ3) is 32.5. The molecule has 0 aromatic carbocycles. The van der Waals surface area contributed by atoms with E-state index in [4.69, 9.17) is 14.0 Å². The van der Waals surface area contributed by atoms with Gasteiger partial charge in [0.1, 0.15) is 6.61 Å². The molecule has 0 saturated carbocycles. The van der Waals surface area contributed by atoms with E-state index in [0.717, 1.165) is 58.5 Å². The van der Waals surface area contributed by atoms with Crippen molar-refractivity contribution in [1.82, 2.24) is 0 Å². The average Bonchev–Trinajstić information content (AvgIpc) is 3.04. The molecule has 0 aromatic heterocycles. The van der Waals surface area contributed by atoms with Crippen LogP contribution in [-0.2, 0) is 32.7 Å². The van der Waals surface area contributed by atoms with Crippen LogP contribution in [0.4, 0.5) is 0 Å². The van der Waals surface area contributed by atoms with Gasteiger partial charge in [-0.2, -0.15) is 0 Å². The molecule has 0 fully saturated rings. The molecule has 46 heavy (non-hydrogen) atoms. The van der Waals surface area contributed by atoms with Gasteiger partial charge in [-0.15, -0.1) is 0 Å². The van der Waals surface area contributed by atoms with Gasteiger partial charge in [-0.25, -0.2) is 4.57 Å². The summed E-state index contributed by atoms with van der Waals surface area (Å²) >= 11 is 0. The minimum Gasteiger partial charge on any atom is -0.462 e. The number of hydrogen-bond acceptors (Lipinski definition) is 7. The van der Waals surface area contributed by atoms with Crippen LogP contribution in [0.3, 0.4) is 0 Å². The summed E-state index contributed by atoms with van der Waals surface area (Å²) in [6.45, 7) is 3.83. The van der Waals surface area contributed by atoms with Crippen molar-refractivity contribution in [2.75, 3.05) is 20.3 Å². The van der Waals surface area contributed by atoms with Crippen LogP contribution in [0.25, 0.3) is 0 Å². The second-order valence-electron chi connectivity index (χ2n) is 12.4. The zero-order valence-corrected chi connectivity index (χ0v) is 30.6. The van der Waals surface area contributed by atoms with Gasteiger partial charge in [-0.05, 0) is 44.9 Å². The van der Waals surface area contributed by atoms with Crippen molar-refractivity contribution in [2.45, 2.75) is 180 Å². The lowest BCUT2D eigenvalue weighted by Gasteiger charge is -2.19. The lowest BCUT2D eigenvalue weighted by atomic mass is 10.1. The van der Waals surface area contributed by atoms with E-state index >= 15 is 0 Å². The van der Waals surface area contributed by atoms with E-state index in [2.05, 4.69) is 42.7 Å². The summed E-state index contributed by atoms with van der Waals surface area (Å²) in [5.74, 6) is -0.813. The lowest BCUT2D eigenvalue weighted by Crippen LogP contribution is -2.29. The van der Waals surface area contributed by atoms with Gasteiger partial charge in [0.2, 0.25) is 0 Å². The van der Waals surface area contributed by atoms with Crippen molar-refractivity contribution in [1.29, 1.82) is 0 Å². The molecule has 0 spiro atoms. The predicted octanol–water partition coefficient (Wildman–Crippen LogP) is 11.1. The third-order valence-electron chi connectivity index (χ3n) is 7.95. The van der Waals surface area contributed by atoms with E-state index in [1.165, 1.54) is 89.9 Å². The monoisotopic (exact) mass is 672 g/mol. The number of unbranched alkanes of at least 4 members (excludes halogenated alkanes) is 19. The first-order valence-corrected chi connectivity index (χ1v) is 20.0. The molecule has 9 heteroatoms. The Balaban J connectivity index is 4.04. The van der Waals surface area contributed by atoms with Gasteiger partial charge in [-0.3, -0.25) is 18.6 Å². The predicted molar refractivity (Wildman–Crippen MR) is 189 cm³/mol. The second-order valence-corrected chi connectivity index (χ2v) is 13.9. The van der Waals surface area contributed by atoms with Gasteiger partial charge in [0.15, 0.2) is 6.10 Å². The van der Waals surface area contributed by atoms with Crippen LogP contribution in [0, 0.1) is 0 Å². The number of carbonyl (C=O) groups excluding carboxylic acids is 2. The summed E-state index contributed by atoms with van der Waals surface area (Å²) < 4.78 is 31.8.